The Balaban J connectivity index is 1.86. The first-order valence-electron chi connectivity index (χ1n) is 7.05. The van der Waals surface area contributed by atoms with E-state index in [1.54, 1.807) is 0 Å². The van der Waals surface area contributed by atoms with E-state index in [2.05, 4.69) is 17.6 Å². The molecule has 0 aromatic rings. The molecule has 0 aromatic carbocycles. The van der Waals surface area contributed by atoms with Crippen LogP contribution in [0.4, 0.5) is 4.79 Å². The molecule has 2 aliphatic rings. The van der Waals surface area contributed by atoms with Crippen LogP contribution < -0.4 is 10.6 Å². The first-order valence-corrected chi connectivity index (χ1v) is 7.05. The highest BCUT2D eigenvalue weighted by Gasteiger charge is 2.53. The maximum absolute atomic E-state index is 11.9. The van der Waals surface area contributed by atoms with E-state index in [9.17, 15) is 4.79 Å². The lowest BCUT2D eigenvalue weighted by atomic mass is 10.0. The van der Waals surface area contributed by atoms with Crippen molar-refractivity contribution >= 4 is 6.09 Å². The Morgan fingerprint density at radius 3 is 2.61 bits per heavy atom. The fraction of sp³-hybridized carbons (Fsp3) is 0.929. The molecule has 1 heterocycles. The van der Waals surface area contributed by atoms with Gasteiger partial charge in [0.2, 0.25) is 0 Å². The third-order valence-electron chi connectivity index (χ3n) is 3.98. The number of rotatable bonds is 3. The zero-order chi connectivity index (χ0) is 13.4. The van der Waals surface area contributed by atoms with Gasteiger partial charge in [0.05, 0.1) is 0 Å². The van der Waals surface area contributed by atoms with Crippen molar-refractivity contribution in [1.29, 1.82) is 0 Å². The van der Waals surface area contributed by atoms with Gasteiger partial charge in [0.1, 0.15) is 5.60 Å². The standard InChI is InChI=1S/C14H26N2O2/c1-10-8-14(10,9-11-6-5-7-15-11)16-12(17)18-13(2,3)4/h10-11,15H,5-9H2,1-4H3,(H,16,17). The maximum Gasteiger partial charge on any atom is 0.408 e. The molecule has 18 heavy (non-hydrogen) atoms. The highest BCUT2D eigenvalue weighted by atomic mass is 16.6. The number of hydrogen-bond donors (Lipinski definition) is 2. The van der Waals surface area contributed by atoms with Gasteiger partial charge in [0.15, 0.2) is 0 Å². The molecule has 3 unspecified atom stereocenters. The Morgan fingerprint density at radius 1 is 1.50 bits per heavy atom. The van der Waals surface area contributed by atoms with E-state index in [1.807, 2.05) is 20.8 Å². The van der Waals surface area contributed by atoms with Crippen molar-refractivity contribution in [2.45, 2.75) is 70.6 Å². The lowest BCUT2D eigenvalue weighted by molar-refractivity contribution is 0.0485. The Hall–Kier alpha value is -0.770. The predicted molar refractivity (Wildman–Crippen MR) is 71.5 cm³/mol. The quantitative estimate of drug-likeness (QED) is 0.813. The summed E-state index contributed by atoms with van der Waals surface area (Å²) in [5.74, 6) is 0.562. The normalized spacial score (nSPS) is 35.3. The smallest absolute Gasteiger partial charge is 0.408 e. The maximum atomic E-state index is 11.9. The number of nitrogens with one attached hydrogen (secondary N) is 2. The van der Waals surface area contributed by atoms with Crippen LogP contribution in [0.3, 0.4) is 0 Å². The summed E-state index contributed by atoms with van der Waals surface area (Å²) >= 11 is 0. The molecule has 1 saturated carbocycles. The molecule has 4 nitrogen and oxygen atoms in total. The van der Waals surface area contributed by atoms with Crippen LogP contribution in [-0.2, 0) is 4.74 Å². The van der Waals surface area contributed by atoms with Crippen LogP contribution in [0.2, 0.25) is 0 Å². The van der Waals surface area contributed by atoms with Crippen LogP contribution in [0.15, 0.2) is 0 Å². The second-order valence-electron chi connectivity index (χ2n) is 6.89. The second kappa shape index (κ2) is 4.72. The lowest BCUT2D eigenvalue weighted by Gasteiger charge is -2.26. The van der Waals surface area contributed by atoms with Gasteiger partial charge < -0.3 is 15.4 Å². The van der Waals surface area contributed by atoms with Crippen molar-refractivity contribution in [3.8, 4) is 0 Å². The monoisotopic (exact) mass is 254 g/mol. The van der Waals surface area contributed by atoms with E-state index in [0.717, 1.165) is 19.4 Å². The predicted octanol–water partition coefficient (Wildman–Crippen LogP) is 2.43. The second-order valence-corrected chi connectivity index (χ2v) is 6.89. The van der Waals surface area contributed by atoms with Crippen LogP contribution in [0.1, 0.15) is 53.4 Å². The van der Waals surface area contributed by atoms with Crippen molar-refractivity contribution in [2.24, 2.45) is 5.92 Å². The third-order valence-corrected chi connectivity index (χ3v) is 3.98. The Labute approximate surface area is 110 Å². The van der Waals surface area contributed by atoms with Gasteiger partial charge in [-0.3, -0.25) is 0 Å². The van der Waals surface area contributed by atoms with Gasteiger partial charge in [-0.15, -0.1) is 0 Å². The number of carbonyl (C=O) groups excluding carboxylic acids is 1. The fourth-order valence-corrected chi connectivity index (χ4v) is 2.87. The fourth-order valence-electron chi connectivity index (χ4n) is 2.87. The number of ether oxygens (including phenoxy) is 1. The molecule has 0 bridgehead atoms. The molecular weight excluding hydrogens is 228 g/mol. The van der Waals surface area contributed by atoms with Gasteiger partial charge in [0.25, 0.3) is 0 Å². The topological polar surface area (TPSA) is 50.4 Å². The summed E-state index contributed by atoms with van der Waals surface area (Å²) in [5, 5.41) is 6.60. The zero-order valence-electron chi connectivity index (χ0n) is 12.0. The van der Waals surface area contributed by atoms with Crippen LogP contribution in [-0.4, -0.2) is 29.8 Å². The van der Waals surface area contributed by atoms with Crippen molar-refractivity contribution in [3.63, 3.8) is 0 Å². The SMILES string of the molecule is CC1CC1(CC1CCCN1)NC(=O)OC(C)(C)C. The van der Waals surface area contributed by atoms with Crippen molar-refractivity contribution in [1.82, 2.24) is 10.6 Å². The molecule has 2 fully saturated rings. The first-order chi connectivity index (χ1) is 8.31. The molecule has 1 amide bonds. The minimum absolute atomic E-state index is 0.0235. The molecule has 104 valence electrons. The van der Waals surface area contributed by atoms with E-state index in [1.165, 1.54) is 12.8 Å². The molecule has 1 saturated heterocycles. The summed E-state index contributed by atoms with van der Waals surface area (Å²) in [4.78, 5) is 11.9. The average molecular weight is 254 g/mol. The van der Waals surface area contributed by atoms with Crippen LogP contribution >= 0.6 is 0 Å². The largest absolute Gasteiger partial charge is 0.444 e. The number of alkyl carbamates (subject to hydrolysis) is 1. The molecule has 1 aliphatic heterocycles. The molecule has 4 heteroatoms. The van der Waals surface area contributed by atoms with Crippen molar-refractivity contribution in [2.75, 3.05) is 6.54 Å². The molecule has 1 aliphatic carbocycles. The summed E-state index contributed by atoms with van der Waals surface area (Å²) in [5.41, 5.74) is -0.445. The molecule has 2 rings (SSSR count). The molecule has 3 atom stereocenters. The third kappa shape index (κ3) is 3.37. The van der Waals surface area contributed by atoms with Gasteiger partial charge >= 0.3 is 6.09 Å². The molecule has 0 aromatic heterocycles. The number of amides is 1. The van der Waals surface area contributed by atoms with Crippen LogP contribution in [0.25, 0.3) is 0 Å². The van der Waals surface area contributed by atoms with Gasteiger partial charge in [-0.05, 0) is 58.9 Å². The molecular formula is C14H26N2O2. The summed E-state index contributed by atoms with van der Waals surface area (Å²) in [6.07, 6.45) is 4.31. The first kappa shape index (κ1) is 13.7. The molecule has 0 spiro atoms. The number of carbonyl (C=O) groups is 1. The van der Waals surface area contributed by atoms with Gasteiger partial charge in [-0.1, -0.05) is 6.92 Å². The van der Waals surface area contributed by atoms with Crippen LogP contribution in [0, 0.1) is 5.92 Å². The average Bonchev–Trinajstić information content (AvgIpc) is 2.59. The molecule has 0 radical (unpaired) electrons. The van der Waals surface area contributed by atoms with E-state index in [0.29, 0.717) is 12.0 Å². The Morgan fingerprint density at radius 2 is 2.17 bits per heavy atom. The highest BCUT2D eigenvalue weighted by Crippen LogP contribution is 2.47. The summed E-state index contributed by atoms with van der Waals surface area (Å²) in [7, 11) is 0. The zero-order valence-corrected chi connectivity index (χ0v) is 12.0. The minimum Gasteiger partial charge on any atom is -0.444 e. The Kier molecular flexibility index (Phi) is 3.58. The van der Waals surface area contributed by atoms with Gasteiger partial charge in [-0.25, -0.2) is 4.79 Å². The minimum atomic E-state index is -0.422. The van der Waals surface area contributed by atoms with Crippen molar-refractivity contribution < 1.29 is 9.53 Å². The summed E-state index contributed by atoms with van der Waals surface area (Å²) in [6.45, 7) is 9.00. The Bertz CT molecular complexity index is 318. The van der Waals surface area contributed by atoms with E-state index >= 15 is 0 Å². The number of hydrogen-bond acceptors (Lipinski definition) is 3. The van der Waals surface area contributed by atoms with E-state index in [-0.39, 0.29) is 11.6 Å². The van der Waals surface area contributed by atoms with E-state index < -0.39 is 5.60 Å². The molecule has 2 N–H and O–H groups in total. The van der Waals surface area contributed by atoms with E-state index in [4.69, 9.17) is 4.74 Å². The lowest BCUT2D eigenvalue weighted by Crippen LogP contribution is -2.44. The highest BCUT2D eigenvalue weighted by molar-refractivity contribution is 5.69. The van der Waals surface area contributed by atoms with Gasteiger partial charge in [-0.2, -0.15) is 0 Å². The van der Waals surface area contributed by atoms with Crippen molar-refractivity contribution in [3.05, 3.63) is 0 Å². The summed E-state index contributed by atoms with van der Waals surface area (Å²) < 4.78 is 5.36. The van der Waals surface area contributed by atoms with Gasteiger partial charge in [0, 0.05) is 11.6 Å². The van der Waals surface area contributed by atoms with Crippen LogP contribution in [0.5, 0.6) is 0 Å². The summed E-state index contributed by atoms with van der Waals surface area (Å²) in [6, 6.07) is 0.560.